The summed E-state index contributed by atoms with van der Waals surface area (Å²) in [5, 5.41) is 9.47. The maximum absolute atomic E-state index is 12.2. The Kier molecular flexibility index (Phi) is 4.99. The Morgan fingerprint density at radius 2 is 1.79 bits per heavy atom. The van der Waals surface area contributed by atoms with Gasteiger partial charge >= 0.3 is 5.97 Å². The van der Waals surface area contributed by atoms with Crippen LogP contribution in [0.1, 0.15) is 47.5 Å². The average molecular weight is 269 g/mol. The molecular weight excluding hydrogens is 242 g/mol. The molecule has 110 valence electrons. The van der Waals surface area contributed by atoms with Gasteiger partial charge in [0.05, 0.1) is 5.41 Å². The summed E-state index contributed by atoms with van der Waals surface area (Å²) in [6.45, 7) is 11.1. The molecule has 1 heterocycles. The first-order valence-corrected chi connectivity index (χ1v) is 7.22. The molecule has 0 aliphatic carbocycles. The normalized spacial score (nSPS) is 25.1. The fraction of sp³-hybridized carbons (Fsp3) is 0.867. The quantitative estimate of drug-likeness (QED) is 0.834. The standard InChI is InChI=1S/C15H27NO3/c1-10(2)12(5)8-13(17)16-7-6-15(9-16,11(3)4)14(18)19/h10-12H,6-9H2,1-5H3,(H,18,19). The number of hydrogen-bond donors (Lipinski definition) is 1. The van der Waals surface area contributed by atoms with Crippen molar-refractivity contribution in [1.29, 1.82) is 0 Å². The first-order chi connectivity index (χ1) is 8.70. The summed E-state index contributed by atoms with van der Waals surface area (Å²) in [5.74, 6) is 0.192. The second kappa shape index (κ2) is 5.93. The van der Waals surface area contributed by atoms with Gasteiger partial charge < -0.3 is 10.0 Å². The van der Waals surface area contributed by atoms with Crippen LogP contribution in [0.2, 0.25) is 0 Å². The highest BCUT2D eigenvalue weighted by Gasteiger charge is 2.48. The second-order valence-electron chi connectivity index (χ2n) is 6.61. The van der Waals surface area contributed by atoms with Crippen LogP contribution in [0, 0.1) is 23.2 Å². The van der Waals surface area contributed by atoms with Gasteiger partial charge in [-0.2, -0.15) is 0 Å². The van der Waals surface area contributed by atoms with E-state index in [4.69, 9.17) is 0 Å². The molecule has 4 heteroatoms. The Morgan fingerprint density at radius 3 is 2.16 bits per heavy atom. The molecule has 1 aliphatic heterocycles. The number of rotatable bonds is 5. The van der Waals surface area contributed by atoms with Gasteiger partial charge in [-0.3, -0.25) is 9.59 Å². The van der Waals surface area contributed by atoms with E-state index in [2.05, 4.69) is 20.8 Å². The van der Waals surface area contributed by atoms with Gasteiger partial charge in [-0.15, -0.1) is 0 Å². The summed E-state index contributed by atoms with van der Waals surface area (Å²) in [6, 6.07) is 0. The van der Waals surface area contributed by atoms with E-state index < -0.39 is 11.4 Å². The summed E-state index contributed by atoms with van der Waals surface area (Å²) in [7, 11) is 0. The van der Waals surface area contributed by atoms with Crippen LogP contribution in [0.15, 0.2) is 0 Å². The van der Waals surface area contributed by atoms with Crippen molar-refractivity contribution in [2.24, 2.45) is 23.2 Å². The molecule has 4 nitrogen and oxygen atoms in total. The highest BCUT2D eigenvalue weighted by molar-refractivity contribution is 5.81. The highest BCUT2D eigenvalue weighted by atomic mass is 16.4. The second-order valence-corrected chi connectivity index (χ2v) is 6.61. The molecule has 0 aromatic heterocycles. The first-order valence-electron chi connectivity index (χ1n) is 7.22. The molecule has 1 fully saturated rings. The molecule has 0 aromatic carbocycles. The van der Waals surface area contributed by atoms with E-state index in [1.54, 1.807) is 4.90 Å². The lowest BCUT2D eigenvalue weighted by atomic mass is 9.76. The van der Waals surface area contributed by atoms with Gasteiger partial charge in [0.15, 0.2) is 0 Å². The third-order valence-corrected chi connectivity index (χ3v) is 4.82. The van der Waals surface area contributed by atoms with E-state index in [0.717, 1.165) is 0 Å². The number of amides is 1. The van der Waals surface area contributed by atoms with Crippen LogP contribution >= 0.6 is 0 Å². The van der Waals surface area contributed by atoms with Crippen LogP contribution in [0.25, 0.3) is 0 Å². The molecule has 0 spiro atoms. The van der Waals surface area contributed by atoms with Gasteiger partial charge in [0.1, 0.15) is 0 Å². The zero-order valence-electron chi connectivity index (χ0n) is 12.8. The minimum absolute atomic E-state index is 0.0466. The van der Waals surface area contributed by atoms with Crippen molar-refractivity contribution < 1.29 is 14.7 Å². The lowest BCUT2D eigenvalue weighted by molar-refractivity contribution is -0.151. The van der Waals surface area contributed by atoms with Crippen LogP contribution in [-0.4, -0.2) is 35.0 Å². The van der Waals surface area contributed by atoms with Gasteiger partial charge in [0.25, 0.3) is 0 Å². The molecule has 1 rings (SSSR count). The van der Waals surface area contributed by atoms with Gasteiger partial charge in [-0.25, -0.2) is 0 Å². The largest absolute Gasteiger partial charge is 0.481 e. The lowest BCUT2D eigenvalue weighted by Gasteiger charge is -2.29. The van der Waals surface area contributed by atoms with Crippen molar-refractivity contribution in [2.45, 2.75) is 47.5 Å². The van der Waals surface area contributed by atoms with Crippen LogP contribution in [0.3, 0.4) is 0 Å². The Hall–Kier alpha value is -1.06. The van der Waals surface area contributed by atoms with E-state index >= 15 is 0 Å². The van der Waals surface area contributed by atoms with Crippen molar-refractivity contribution in [1.82, 2.24) is 4.90 Å². The number of likely N-dealkylation sites (tertiary alicyclic amines) is 1. The number of nitrogens with zero attached hydrogens (tertiary/aromatic N) is 1. The zero-order valence-corrected chi connectivity index (χ0v) is 12.8. The summed E-state index contributed by atoms with van der Waals surface area (Å²) >= 11 is 0. The molecule has 0 bridgehead atoms. The number of carboxylic acid groups (broad SMARTS) is 1. The Labute approximate surface area is 116 Å². The molecule has 0 radical (unpaired) electrons. The highest BCUT2D eigenvalue weighted by Crippen LogP contribution is 2.38. The molecule has 0 saturated carbocycles. The Bertz CT molecular complexity index is 351. The van der Waals surface area contributed by atoms with Crippen molar-refractivity contribution in [2.75, 3.05) is 13.1 Å². The minimum Gasteiger partial charge on any atom is -0.481 e. The van der Waals surface area contributed by atoms with E-state index in [1.165, 1.54) is 0 Å². The molecule has 1 aliphatic rings. The number of carbonyl (C=O) groups excluding carboxylic acids is 1. The summed E-state index contributed by atoms with van der Waals surface area (Å²) < 4.78 is 0. The van der Waals surface area contributed by atoms with Gasteiger partial charge in [-0.1, -0.05) is 34.6 Å². The topological polar surface area (TPSA) is 57.6 Å². The predicted molar refractivity (Wildman–Crippen MR) is 74.7 cm³/mol. The first kappa shape index (κ1) is 16.0. The molecule has 1 saturated heterocycles. The fourth-order valence-electron chi connectivity index (χ4n) is 2.58. The molecule has 19 heavy (non-hydrogen) atoms. The number of aliphatic carboxylic acids is 1. The van der Waals surface area contributed by atoms with Gasteiger partial charge in [0.2, 0.25) is 5.91 Å². The molecular formula is C15H27NO3. The monoisotopic (exact) mass is 269 g/mol. The molecule has 0 aromatic rings. The van der Waals surface area contributed by atoms with Crippen molar-refractivity contribution >= 4 is 11.9 Å². The molecule has 1 N–H and O–H groups in total. The summed E-state index contributed by atoms with van der Waals surface area (Å²) in [6.07, 6.45) is 1.09. The molecule has 2 atom stereocenters. The van der Waals surface area contributed by atoms with E-state index in [9.17, 15) is 14.7 Å². The van der Waals surface area contributed by atoms with Gasteiger partial charge in [-0.05, 0) is 24.2 Å². The maximum Gasteiger partial charge on any atom is 0.311 e. The number of hydrogen-bond acceptors (Lipinski definition) is 2. The van der Waals surface area contributed by atoms with Crippen molar-refractivity contribution in [3.8, 4) is 0 Å². The third kappa shape index (κ3) is 3.28. The van der Waals surface area contributed by atoms with Crippen LogP contribution in [-0.2, 0) is 9.59 Å². The number of carboxylic acids is 1. The van der Waals surface area contributed by atoms with Crippen molar-refractivity contribution in [3.63, 3.8) is 0 Å². The minimum atomic E-state index is -0.769. The average Bonchev–Trinajstić information content (AvgIpc) is 2.74. The molecule has 1 amide bonds. The lowest BCUT2D eigenvalue weighted by Crippen LogP contribution is -2.41. The van der Waals surface area contributed by atoms with Crippen LogP contribution in [0.5, 0.6) is 0 Å². The van der Waals surface area contributed by atoms with E-state index in [1.807, 2.05) is 13.8 Å². The van der Waals surface area contributed by atoms with Crippen LogP contribution in [0.4, 0.5) is 0 Å². The fourth-order valence-corrected chi connectivity index (χ4v) is 2.58. The zero-order chi connectivity index (χ0) is 14.8. The number of carbonyl (C=O) groups is 2. The summed E-state index contributed by atoms with van der Waals surface area (Å²) in [5.41, 5.74) is -0.753. The SMILES string of the molecule is CC(C)C(C)CC(=O)N1CCC(C(=O)O)(C(C)C)C1. The Morgan fingerprint density at radius 1 is 1.21 bits per heavy atom. The van der Waals surface area contributed by atoms with Crippen LogP contribution < -0.4 is 0 Å². The van der Waals surface area contributed by atoms with Crippen molar-refractivity contribution in [3.05, 3.63) is 0 Å². The summed E-state index contributed by atoms with van der Waals surface area (Å²) in [4.78, 5) is 25.5. The van der Waals surface area contributed by atoms with E-state index in [-0.39, 0.29) is 11.8 Å². The maximum atomic E-state index is 12.2. The smallest absolute Gasteiger partial charge is 0.311 e. The molecule has 2 unspecified atom stereocenters. The third-order valence-electron chi connectivity index (χ3n) is 4.82. The van der Waals surface area contributed by atoms with Gasteiger partial charge in [0, 0.05) is 19.5 Å². The predicted octanol–water partition coefficient (Wildman–Crippen LogP) is 2.63. The Balaban J connectivity index is 2.70. The van der Waals surface area contributed by atoms with E-state index in [0.29, 0.717) is 37.8 Å².